The third kappa shape index (κ3) is 2.68. The minimum absolute atomic E-state index is 0.194. The van der Waals surface area contributed by atoms with Gasteiger partial charge in [0.2, 0.25) is 0 Å². The molecule has 96 valence electrons. The smallest absolute Gasteiger partial charge is 0.0942 e. The molecule has 2 aromatic carbocycles. The summed E-state index contributed by atoms with van der Waals surface area (Å²) in [5.74, 6) is 0. The van der Waals surface area contributed by atoms with Crippen LogP contribution in [0.25, 0.3) is 10.8 Å². The largest absolute Gasteiger partial charge is 0.145 e. The first-order valence-corrected chi connectivity index (χ1v) is 8.20. The Morgan fingerprint density at radius 3 is 2.47 bits per heavy atom. The van der Waals surface area contributed by atoms with Crippen molar-refractivity contribution in [2.75, 3.05) is 0 Å². The minimum Gasteiger partial charge on any atom is -0.145 e. The van der Waals surface area contributed by atoms with Crippen molar-refractivity contribution in [3.63, 3.8) is 0 Å². The van der Waals surface area contributed by atoms with Gasteiger partial charge < -0.3 is 0 Å². The van der Waals surface area contributed by atoms with Crippen LogP contribution >= 0.6 is 50.5 Å². The van der Waals surface area contributed by atoms with E-state index in [2.05, 4.69) is 46.3 Å². The van der Waals surface area contributed by atoms with Gasteiger partial charge in [0, 0.05) is 9.35 Å². The van der Waals surface area contributed by atoms with E-state index in [0.717, 1.165) is 19.9 Å². The molecule has 0 aliphatic carbocycles. The van der Waals surface area contributed by atoms with Gasteiger partial charge in [-0.05, 0) is 46.0 Å². The molecular weight excluding hydrogens is 363 g/mol. The lowest BCUT2D eigenvalue weighted by Crippen LogP contribution is -1.91. The standard InChI is InChI=1S/C15H9BrCl2S/c16-12-4-3-9-7-11(2-1-10(9)8-12)14(18)15-13(17)5-6-19-15/h1-8,14H. The molecule has 0 spiro atoms. The second-order valence-corrected chi connectivity index (χ2v) is 6.95. The predicted molar refractivity (Wildman–Crippen MR) is 88.7 cm³/mol. The summed E-state index contributed by atoms with van der Waals surface area (Å²) < 4.78 is 1.08. The molecule has 0 fully saturated rings. The van der Waals surface area contributed by atoms with Crippen molar-refractivity contribution in [2.45, 2.75) is 5.38 Å². The molecule has 1 heterocycles. The van der Waals surface area contributed by atoms with Crippen molar-refractivity contribution in [2.24, 2.45) is 0 Å². The molecule has 19 heavy (non-hydrogen) atoms. The maximum absolute atomic E-state index is 6.53. The first kappa shape index (κ1) is 13.4. The summed E-state index contributed by atoms with van der Waals surface area (Å²) in [4.78, 5) is 1.000. The third-order valence-corrected chi connectivity index (χ3v) is 5.51. The Morgan fingerprint density at radius 1 is 1.00 bits per heavy atom. The van der Waals surface area contributed by atoms with Gasteiger partial charge in [-0.2, -0.15) is 0 Å². The molecule has 0 radical (unpaired) electrons. The van der Waals surface area contributed by atoms with Crippen molar-refractivity contribution >= 4 is 61.2 Å². The number of rotatable bonds is 2. The van der Waals surface area contributed by atoms with Crippen LogP contribution in [-0.4, -0.2) is 0 Å². The van der Waals surface area contributed by atoms with Crippen LogP contribution in [0.2, 0.25) is 5.02 Å². The van der Waals surface area contributed by atoms with Gasteiger partial charge in [-0.25, -0.2) is 0 Å². The van der Waals surface area contributed by atoms with Crippen molar-refractivity contribution in [3.05, 3.63) is 67.8 Å². The first-order valence-electron chi connectivity index (χ1n) is 5.71. The van der Waals surface area contributed by atoms with E-state index in [1.165, 1.54) is 10.8 Å². The predicted octanol–water partition coefficient (Wildman–Crippen LogP) is 6.65. The van der Waals surface area contributed by atoms with Gasteiger partial charge in [-0.3, -0.25) is 0 Å². The van der Waals surface area contributed by atoms with Crippen molar-refractivity contribution in [3.8, 4) is 0 Å². The lowest BCUT2D eigenvalue weighted by Gasteiger charge is -2.10. The summed E-state index contributed by atoms with van der Waals surface area (Å²) in [6, 6.07) is 14.4. The third-order valence-electron chi connectivity index (χ3n) is 2.99. The van der Waals surface area contributed by atoms with Crippen LogP contribution < -0.4 is 0 Å². The Kier molecular flexibility index (Phi) is 3.86. The Balaban J connectivity index is 2.06. The zero-order valence-electron chi connectivity index (χ0n) is 9.74. The fraction of sp³-hybridized carbons (Fsp3) is 0.0667. The molecule has 0 aliphatic rings. The zero-order chi connectivity index (χ0) is 13.4. The molecule has 0 bridgehead atoms. The lowest BCUT2D eigenvalue weighted by atomic mass is 10.0. The molecule has 0 aliphatic heterocycles. The van der Waals surface area contributed by atoms with Crippen LogP contribution in [0.3, 0.4) is 0 Å². The Hall–Kier alpha value is -0.540. The van der Waals surface area contributed by atoms with E-state index >= 15 is 0 Å². The molecule has 0 saturated heterocycles. The van der Waals surface area contributed by atoms with Gasteiger partial charge in [-0.15, -0.1) is 22.9 Å². The molecule has 1 atom stereocenters. The minimum atomic E-state index is -0.194. The Labute approximate surface area is 134 Å². The van der Waals surface area contributed by atoms with E-state index in [9.17, 15) is 0 Å². The van der Waals surface area contributed by atoms with Crippen molar-refractivity contribution in [1.29, 1.82) is 0 Å². The van der Waals surface area contributed by atoms with E-state index in [4.69, 9.17) is 23.2 Å². The quantitative estimate of drug-likeness (QED) is 0.442. The maximum Gasteiger partial charge on any atom is 0.0942 e. The van der Waals surface area contributed by atoms with E-state index in [1.54, 1.807) is 11.3 Å². The van der Waals surface area contributed by atoms with Crippen LogP contribution in [0.15, 0.2) is 52.3 Å². The summed E-state index contributed by atoms with van der Waals surface area (Å²) in [5, 5.41) is 4.88. The van der Waals surface area contributed by atoms with Crippen LogP contribution in [0, 0.1) is 0 Å². The molecule has 3 aromatic rings. The summed E-state index contributed by atoms with van der Waals surface area (Å²) >= 11 is 17.7. The van der Waals surface area contributed by atoms with Crippen molar-refractivity contribution < 1.29 is 0 Å². The van der Waals surface area contributed by atoms with Crippen LogP contribution in [0.5, 0.6) is 0 Å². The molecule has 1 unspecified atom stereocenters. The monoisotopic (exact) mass is 370 g/mol. The number of thiophene rings is 1. The fourth-order valence-electron chi connectivity index (χ4n) is 2.03. The van der Waals surface area contributed by atoms with E-state index in [0.29, 0.717) is 0 Å². The van der Waals surface area contributed by atoms with Gasteiger partial charge in [0.15, 0.2) is 0 Å². The highest BCUT2D eigenvalue weighted by atomic mass is 79.9. The second kappa shape index (κ2) is 5.45. The van der Waals surface area contributed by atoms with E-state index in [-0.39, 0.29) is 5.38 Å². The molecule has 0 N–H and O–H groups in total. The zero-order valence-corrected chi connectivity index (χ0v) is 13.7. The highest BCUT2D eigenvalue weighted by Gasteiger charge is 2.15. The second-order valence-electron chi connectivity index (χ2n) is 4.25. The maximum atomic E-state index is 6.53. The fourth-order valence-corrected chi connectivity index (χ4v) is 4.04. The van der Waals surface area contributed by atoms with Crippen LogP contribution in [0.4, 0.5) is 0 Å². The molecule has 0 nitrogen and oxygen atoms in total. The highest BCUT2D eigenvalue weighted by molar-refractivity contribution is 9.10. The summed E-state index contributed by atoms with van der Waals surface area (Å²) in [5.41, 5.74) is 1.07. The topological polar surface area (TPSA) is 0 Å². The van der Waals surface area contributed by atoms with E-state index in [1.807, 2.05) is 17.5 Å². The van der Waals surface area contributed by atoms with Gasteiger partial charge in [0.25, 0.3) is 0 Å². The number of hydrogen-bond acceptors (Lipinski definition) is 1. The number of fused-ring (bicyclic) bond motifs is 1. The molecule has 0 saturated carbocycles. The summed E-state index contributed by atoms with van der Waals surface area (Å²) in [6.45, 7) is 0. The van der Waals surface area contributed by atoms with Gasteiger partial charge in [-0.1, -0.05) is 45.7 Å². The average molecular weight is 372 g/mol. The summed E-state index contributed by atoms with van der Waals surface area (Å²) in [6.07, 6.45) is 0. The molecule has 3 rings (SSSR count). The highest BCUT2D eigenvalue weighted by Crippen LogP contribution is 2.38. The number of benzene rings is 2. The Bertz CT molecular complexity index is 736. The van der Waals surface area contributed by atoms with Crippen LogP contribution in [0.1, 0.15) is 15.8 Å². The molecule has 0 amide bonds. The van der Waals surface area contributed by atoms with Gasteiger partial charge in [0.05, 0.1) is 10.4 Å². The normalized spacial score (nSPS) is 12.8. The lowest BCUT2D eigenvalue weighted by molar-refractivity contribution is 1.19. The van der Waals surface area contributed by atoms with Gasteiger partial charge >= 0.3 is 0 Å². The van der Waals surface area contributed by atoms with E-state index < -0.39 is 0 Å². The summed E-state index contributed by atoms with van der Waals surface area (Å²) in [7, 11) is 0. The van der Waals surface area contributed by atoms with Gasteiger partial charge in [0.1, 0.15) is 0 Å². The number of halogens is 3. The first-order chi connectivity index (χ1) is 9.15. The molecular formula is C15H9BrCl2S. The SMILES string of the molecule is Clc1ccsc1C(Cl)c1ccc2cc(Br)ccc2c1. The Morgan fingerprint density at radius 2 is 1.74 bits per heavy atom. The average Bonchev–Trinajstić information content (AvgIpc) is 2.83. The molecule has 4 heteroatoms. The number of alkyl halides is 1. The van der Waals surface area contributed by atoms with Crippen LogP contribution in [-0.2, 0) is 0 Å². The van der Waals surface area contributed by atoms with Crippen molar-refractivity contribution in [1.82, 2.24) is 0 Å². The number of hydrogen-bond donors (Lipinski definition) is 0. The molecule has 1 aromatic heterocycles.